The lowest BCUT2D eigenvalue weighted by atomic mass is 9.92. The maximum atomic E-state index is 10.2. The number of thioether (sulfide) groups is 1. The zero-order valence-corrected chi connectivity index (χ0v) is 12.8. The molecule has 1 heterocycles. The highest BCUT2D eigenvalue weighted by atomic mass is 32.2. The van der Waals surface area contributed by atoms with Gasteiger partial charge in [-0.15, -0.1) is 11.8 Å². The highest BCUT2D eigenvalue weighted by molar-refractivity contribution is 7.98. The average molecular weight is 285 g/mol. The minimum Gasteiger partial charge on any atom is -0.508 e. The molecule has 0 aliphatic rings. The van der Waals surface area contributed by atoms with E-state index in [0.717, 1.165) is 16.2 Å². The van der Waals surface area contributed by atoms with Gasteiger partial charge in [0, 0.05) is 22.6 Å². The van der Waals surface area contributed by atoms with Gasteiger partial charge in [-0.25, -0.2) is 0 Å². The van der Waals surface area contributed by atoms with Gasteiger partial charge >= 0.3 is 0 Å². The van der Waals surface area contributed by atoms with Crippen LogP contribution in [0.15, 0.2) is 59.1 Å². The zero-order valence-electron chi connectivity index (χ0n) is 12.0. The van der Waals surface area contributed by atoms with Crippen molar-refractivity contribution in [1.82, 2.24) is 4.98 Å². The van der Waals surface area contributed by atoms with Crippen LogP contribution in [0, 0.1) is 0 Å². The molecule has 1 unspecified atom stereocenters. The number of benzene rings is 1. The van der Waals surface area contributed by atoms with Crippen LogP contribution >= 0.6 is 11.8 Å². The van der Waals surface area contributed by atoms with Gasteiger partial charge in [-0.05, 0) is 50.4 Å². The van der Waals surface area contributed by atoms with Gasteiger partial charge in [0.25, 0.3) is 0 Å². The molecule has 0 aliphatic carbocycles. The molecule has 0 radical (unpaired) electrons. The van der Waals surface area contributed by atoms with Gasteiger partial charge in [0.1, 0.15) is 5.75 Å². The molecule has 3 heteroatoms. The molecule has 2 nitrogen and oxygen atoms in total. The summed E-state index contributed by atoms with van der Waals surface area (Å²) in [6, 6.07) is 11.6. The Labute approximate surface area is 124 Å². The first-order chi connectivity index (χ1) is 9.61. The Morgan fingerprint density at radius 1 is 1.25 bits per heavy atom. The first-order valence-corrected chi connectivity index (χ1v) is 7.77. The SMILES string of the molecule is CSc1ccc(O)c(C(C=C(C)C)c2ccccn2)c1. The van der Waals surface area contributed by atoms with Crippen LogP contribution in [0.3, 0.4) is 0 Å². The van der Waals surface area contributed by atoms with Crippen molar-refractivity contribution in [1.29, 1.82) is 0 Å². The van der Waals surface area contributed by atoms with E-state index in [1.165, 1.54) is 5.57 Å². The molecule has 0 fully saturated rings. The predicted octanol–water partition coefficient (Wildman–Crippen LogP) is 4.61. The molecule has 1 atom stereocenters. The molecule has 2 aromatic rings. The maximum absolute atomic E-state index is 10.2. The van der Waals surface area contributed by atoms with E-state index in [2.05, 4.69) is 24.9 Å². The second-order valence-electron chi connectivity index (χ2n) is 4.90. The summed E-state index contributed by atoms with van der Waals surface area (Å²) < 4.78 is 0. The lowest BCUT2D eigenvalue weighted by Crippen LogP contribution is -2.01. The summed E-state index contributed by atoms with van der Waals surface area (Å²) in [5.74, 6) is 0.296. The van der Waals surface area contributed by atoms with Crippen LogP contribution in [0.4, 0.5) is 0 Å². The summed E-state index contributed by atoms with van der Waals surface area (Å²) in [6.07, 6.45) is 5.96. The van der Waals surface area contributed by atoms with Crippen LogP contribution in [-0.4, -0.2) is 16.3 Å². The Kier molecular flexibility index (Phi) is 4.85. The molecule has 20 heavy (non-hydrogen) atoms. The van der Waals surface area contributed by atoms with Crippen LogP contribution in [0.25, 0.3) is 0 Å². The number of hydrogen-bond acceptors (Lipinski definition) is 3. The Bertz CT molecular complexity index is 604. The Balaban J connectivity index is 2.55. The molecule has 1 aromatic heterocycles. The van der Waals surface area contributed by atoms with Gasteiger partial charge in [0.15, 0.2) is 0 Å². The molecular formula is C17H19NOS. The van der Waals surface area contributed by atoms with Crippen molar-refractivity contribution in [3.8, 4) is 5.75 Å². The number of allylic oxidation sites excluding steroid dienone is 2. The molecule has 0 saturated carbocycles. The van der Waals surface area contributed by atoms with Crippen LogP contribution in [-0.2, 0) is 0 Å². The number of phenolic OH excluding ortho intramolecular Hbond substituents is 1. The number of aromatic hydroxyl groups is 1. The van der Waals surface area contributed by atoms with Crippen molar-refractivity contribution in [3.63, 3.8) is 0 Å². The Morgan fingerprint density at radius 2 is 2.05 bits per heavy atom. The van der Waals surface area contributed by atoms with Crippen LogP contribution < -0.4 is 0 Å². The Morgan fingerprint density at radius 3 is 2.65 bits per heavy atom. The number of aromatic nitrogens is 1. The molecule has 0 saturated heterocycles. The highest BCUT2D eigenvalue weighted by Gasteiger charge is 2.17. The van der Waals surface area contributed by atoms with Crippen LogP contribution in [0.5, 0.6) is 5.75 Å². The van der Waals surface area contributed by atoms with E-state index < -0.39 is 0 Å². The molecule has 1 aromatic carbocycles. The third-order valence-electron chi connectivity index (χ3n) is 3.08. The lowest BCUT2D eigenvalue weighted by Gasteiger charge is -2.16. The standard InChI is InChI=1S/C17H19NOS/c1-12(2)10-14(16-6-4-5-9-18-16)15-11-13(20-3)7-8-17(15)19/h4-11,14,19H,1-3H3. The molecule has 0 bridgehead atoms. The van der Waals surface area contributed by atoms with Crippen LogP contribution in [0.1, 0.15) is 31.0 Å². The van der Waals surface area contributed by atoms with E-state index in [4.69, 9.17) is 0 Å². The minimum atomic E-state index is -0.0201. The number of pyridine rings is 1. The van der Waals surface area contributed by atoms with Gasteiger partial charge in [-0.1, -0.05) is 17.7 Å². The summed E-state index contributed by atoms with van der Waals surface area (Å²) in [5, 5.41) is 10.2. The van der Waals surface area contributed by atoms with Crippen molar-refractivity contribution >= 4 is 11.8 Å². The van der Waals surface area contributed by atoms with Crippen molar-refractivity contribution in [2.24, 2.45) is 0 Å². The van der Waals surface area contributed by atoms with Gasteiger partial charge in [-0.3, -0.25) is 4.98 Å². The Hall–Kier alpha value is -1.74. The van der Waals surface area contributed by atoms with Crippen molar-refractivity contribution in [3.05, 3.63) is 65.5 Å². The number of nitrogens with zero attached hydrogens (tertiary/aromatic N) is 1. The van der Waals surface area contributed by atoms with Gasteiger partial charge < -0.3 is 5.11 Å². The van der Waals surface area contributed by atoms with E-state index in [1.54, 1.807) is 24.0 Å². The molecule has 104 valence electrons. The molecule has 2 rings (SSSR count). The lowest BCUT2D eigenvalue weighted by molar-refractivity contribution is 0.466. The zero-order chi connectivity index (χ0) is 14.5. The number of rotatable bonds is 4. The molecule has 0 aliphatic heterocycles. The monoisotopic (exact) mass is 285 g/mol. The fourth-order valence-corrected chi connectivity index (χ4v) is 2.59. The van der Waals surface area contributed by atoms with Crippen molar-refractivity contribution in [2.75, 3.05) is 6.26 Å². The molecular weight excluding hydrogens is 266 g/mol. The third kappa shape index (κ3) is 3.42. The fraction of sp³-hybridized carbons (Fsp3) is 0.235. The van der Waals surface area contributed by atoms with E-state index in [9.17, 15) is 5.11 Å². The average Bonchev–Trinajstić information content (AvgIpc) is 2.46. The first kappa shape index (κ1) is 14.7. The summed E-state index contributed by atoms with van der Waals surface area (Å²) >= 11 is 1.67. The predicted molar refractivity (Wildman–Crippen MR) is 85.4 cm³/mol. The summed E-state index contributed by atoms with van der Waals surface area (Å²) in [5.41, 5.74) is 3.05. The topological polar surface area (TPSA) is 33.1 Å². The quantitative estimate of drug-likeness (QED) is 0.658. The number of phenols is 1. The first-order valence-electron chi connectivity index (χ1n) is 6.54. The number of hydrogen-bond donors (Lipinski definition) is 1. The fourth-order valence-electron chi connectivity index (χ4n) is 2.14. The summed E-state index contributed by atoms with van der Waals surface area (Å²) in [6.45, 7) is 4.12. The minimum absolute atomic E-state index is 0.0201. The molecule has 0 amide bonds. The summed E-state index contributed by atoms with van der Waals surface area (Å²) in [4.78, 5) is 5.58. The van der Waals surface area contributed by atoms with Gasteiger partial charge in [0.05, 0.1) is 5.69 Å². The van der Waals surface area contributed by atoms with E-state index in [0.29, 0.717) is 5.75 Å². The van der Waals surface area contributed by atoms with Gasteiger partial charge in [-0.2, -0.15) is 0 Å². The van der Waals surface area contributed by atoms with Crippen molar-refractivity contribution < 1.29 is 5.11 Å². The molecule has 1 N–H and O–H groups in total. The normalized spacial score (nSPS) is 11.9. The third-order valence-corrected chi connectivity index (χ3v) is 3.80. The second-order valence-corrected chi connectivity index (χ2v) is 5.78. The largest absolute Gasteiger partial charge is 0.508 e. The smallest absolute Gasteiger partial charge is 0.119 e. The van der Waals surface area contributed by atoms with Crippen LogP contribution in [0.2, 0.25) is 0 Å². The van der Waals surface area contributed by atoms with E-state index in [1.807, 2.05) is 36.6 Å². The summed E-state index contributed by atoms with van der Waals surface area (Å²) in [7, 11) is 0. The van der Waals surface area contributed by atoms with Gasteiger partial charge in [0.2, 0.25) is 0 Å². The maximum Gasteiger partial charge on any atom is 0.119 e. The van der Waals surface area contributed by atoms with E-state index >= 15 is 0 Å². The van der Waals surface area contributed by atoms with Crippen molar-refractivity contribution in [2.45, 2.75) is 24.7 Å². The highest BCUT2D eigenvalue weighted by Crippen LogP contribution is 2.34. The van der Waals surface area contributed by atoms with E-state index in [-0.39, 0.29) is 5.92 Å². The molecule has 0 spiro atoms. The second kappa shape index (κ2) is 6.62.